The van der Waals surface area contributed by atoms with Gasteiger partial charge in [0.15, 0.2) is 0 Å². The molecule has 1 aromatic carbocycles. The molecule has 0 aliphatic rings. The second kappa shape index (κ2) is 5.30. The van der Waals surface area contributed by atoms with Gasteiger partial charge in [-0.15, -0.1) is 0 Å². The van der Waals surface area contributed by atoms with Crippen molar-refractivity contribution in [1.82, 2.24) is 5.32 Å². The van der Waals surface area contributed by atoms with Crippen molar-refractivity contribution < 1.29 is 9.13 Å². The molecule has 1 atom stereocenters. The summed E-state index contributed by atoms with van der Waals surface area (Å²) in [4.78, 5) is 0. The van der Waals surface area contributed by atoms with Gasteiger partial charge >= 0.3 is 0 Å². The lowest BCUT2D eigenvalue weighted by atomic mass is 10.1. The van der Waals surface area contributed by atoms with Crippen molar-refractivity contribution in [3.8, 4) is 5.75 Å². The van der Waals surface area contributed by atoms with Gasteiger partial charge in [-0.05, 0) is 52.0 Å². The summed E-state index contributed by atoms with van der Waals surface area (Å²) in [5, 5.41) is 3.35. The maximum absolute atomic E-state index is 12.7. The van der Waals surface area contributed by atoms with Gasteiger partial charge in [-0.25, -0.2) is 4.39 Å². The van der Waals surface area contributed by atoms with Crippen molar-refractivity contribution >= 4 is 0 Å². The number of rotatable bonds is 4. The first kappa shape index (κ1) is 13.0. The fourth-order valence-electron chi connectivity index (χ4n) is 1.24. The summed E-state index contributed by atoms with van der Waals surface area (Å²) in [6, 6.07) is 6.09. The summed E-state index contributed by atoms with van der Waals surface area (Å²) in [7, 11) is 0. The lowest BCUT2D eigenvalue weighted by Crippen LogP contribution is -2.41. The highest BCUT2D eigenvalue weighted by Crippen LogP contribution is 2.13. The van der Waals surface area contributed by atoms with Crippen molar-refractivity contribution in [2.24, 2.45) is 0 Å². The average molecular weight is 225 g/mol. The van der Waals surface area contributed by atoms with Crippen LogP contribution in [0.3, 0.4) is 0 Å². The van der Waals surface area contributed by atoms with Gasteiger partial charge in [0.1, 0.15) is 17.7 Å². The predicted molar refractivity (Wildman–Crippen MR) is 64.2 cm³/mol. The van der Waals surface area contributed by atoms with Gasteiger partial charge in [0.25, 0.3) is 0 Å². The van der Waals surface area contributed by atoms with E-state index < -0.39 is 0 Å². The Morgan fingerprint density at radius 1 is 1.25 bits per heavy atom. The molecule has 3 heteroatoms. The Labute approximate surface area is 96.8 Å². The average Bonchev–Trinajstić information content (AvgIpc) is 2.18. The minimum atomic E-state index is -0.243. The number of nitrogens with one attached hydrogen (secondary N) is 1. The fraction of sp³-hybridized carbons (Fsp3) is 0.538. The normalized spacial score (nSPS) is 13.6. The zero-order chi connectivity index (χ0) is 12.2. The van der Waals surface area contributed by atoms with E-state index in [4.69, 9.17) is 4.74 Å². The van der Waals surface area contributed by atoms with Crippen LogP contribution >= 0.6 is 0 Å². The molecule has 0 fully saturated rings. The van der Waals surface area contributed by atoms with E-state index in [1.807, 2.05) is 6.92 Å². The van der Waals surface area contributed by atoms with E-state index in [-0.39, 0.29) is 17.5 Å². The molecular weight excluding hydrogens is 205 g/mol. The smallest absolute Gasteiger partial charge is 0.123 e. The van der Waals surface area contributed by atoms with Crippen LogP contribution in [0.1, 0.15) is 27.7 Å². The lowest BCUT2D eigenvalue weighted by Gasteiger charge is -2.24. The van der Waals surface area contributed by atoms with Crippen LogP contribution in [-0.2, 0) is 0 Å². The van der Waals surface area contributed by atoms with E-state index >= 15 is 0 Å². The number of hydrogen-bond donors (Lipinski definition) is 1. The van der Waals surface area contributed by atoms with E-state index in [1.54, 1.807) is 12.1 Å². The highest BCUT2D eigenvalue weighted by atomic mass is 19.1. The third-order valence-electron chi connectivity index (χ3n) is 2.07. The minimum Gasteiger partial charge on any atom is -0.489 e. The minimum absolute atomic E-state index is 0.0599. The molecule has 2 nitrogen and oxygen atoms in total. The lowest BCUT2D eigenvalue weighted by molar-refractivity contribution is 0.203. The van der Waals surface area contributed by atoms with Gasteiger partial charge in [-0.2, -0.15) is 0 Å². The van der Waals surface area contributed by atoms with Crippen LogP contribution in [-0.4, -0.2) is 18.2 Å². The van der Waals surface area contributed by atoms with Crippen LogP contribution < -0.4 is 10.1 Å². The second-order valence-corrected chi connectivity index (χ2v) is 5.01. The summed E-state index contributed by atoms with van der Waals surface area (Å²) in [5.41, 5.74) is 0.0837. The van der Waals surface area contributed by atoms with Gasteiger partial charge < -0.3 is 10.1 Å². The first-order valence-electron chi connectivity index (χ1n) is 5.54. The van der Waals surface area contributed by atoms with Gasteiger partial charge in [-0.1, -0.05) is 0 Å². The van der Waals surface area contributed by atoms with Gasteiger partial charge in [0.05, 0.1) is 0 Å². The molecule has 0 saturated heterocycles. The Balaban J connectivity index is 2.39. The number of hydrogen-bond acceptors (Lipinski definition) is 2. The summed E-state index contributed by atoms with van der Waals surface area (Å²) < 4.78 is 18.3. The molecule has 1 rings (SSSR count). The van der Waals surface area contributed by atoms with E-state index in [1.165, 1.54) is 12.1 Å². The first-order chi connectivity index (χ1) is 7.37. The molecule has 1 N–H and O–H groups in total. The van der Waals surface area contributed by atoms with Crippen LogP contribution in [0, 0.1) is 5.82 Å². The molecule has 0 aliphatic carbocycles. The molecule has 1 unspecified atom stereocenters. The molecule has 90 valence electrons. The molecule has 0 radical (unpaired) electrons. The summed E-state index contributed by atoms with van der Waals surface area (Å²) >= 11 is 0. The molecule has 0 amide bonds. The standard InChI is InChI=1S/C13H20FNO/c1-10(9-15-13(2,3)4)16-12-7-5-11(14)6-8-12/h5-8,10,15H,9H2,1-4H3. The van der Waals surface area contributed by atoms with Crippen LogP contribution in [0.15, 0.2) is 24.3 Å². The van der Waals surface area contributed by atoms with E-state index in [0.717, 1.165) is 6.54 Å². The Morgan fingerprint density at radius 3 is 2.31 bits per heavy atom. The fourth-order valence-corrected chi connectivity index (χ4v) is 1.24. The van der Waals surface area contributed by atoms with Crippen molar-refractivity contribution in [3.05, 3.63) is 30.1 Å². The maximum Gasteiger partial charge on any atom is 0.123 e. The first-order valence-corrected chi connectivity index (χ1v) is 5.54. The molecule has 0 saturated carbocycles. The monoisotopic (exact) mass is 225 g/mol. The molecule has 0 heterocycles. The maximum atomic E-state index is 12.7. The molecule has 0 aliphatic heterocycles. The number of benzene rings is 1. The molecular formula is C13H20FNO. The molecule has 0 spiro atoms. The van der Waals surface area contributed by atoms with E-state index in [0.29, 0.717) is 5.75 Å². The highest BCUT2D eigenvalue weighted by molar-refractivity contribution is 5.22. The van der Waals surface area contributed by atoms with Crippen LogP contribution in [0.4, 0.5) is 4.39 Å². The SMILES string of the molecule is CC(CNC(C)(C)C)Oc1ccc(F)cc1. The Bertz CT molecular complexity index is 316. The Morgan fingerprint density at radius 2 is 1.81 bits per heavy atom. The summed E-state index contributed by atoms with van der Waals surface area (Å²) in [5.74, 6) is 0.456. The third-order valence-corrected chi connectivity index (χ3v) is 2.07. The van der Waals surface area contributed by atoms with E-state index in [9.17, 15) is 4.39 Å². The zero-order valence-corrected chi connectivity index (χ0v) is 10.4. The van der Waals surface area contributed by atoms with Crippen LogP contribution in [0.2, 0.25) is 0 Å². The third kappa shape index (κ3) is 5.12. The Kier molecular flexibility index (Phi) is 4.30. The summed E-state index contributed by atoms with van der Waals surface area (Å²) in [6.07, 6.45) is 0.0599. The number of ether oxygens (including phenoxy) is 1. The predicted octanol–water partition coefficient (Wildman–Crippen LogP) is 2.98. The van der Waals surface area contributed by atoms with Crippen LogP contribution in [0.25, 0.3) is 0 Å². The molecule has 16 heavy (non-hydrogen) atoms. The van der Waals surface area contributed by atoms with Crippen molar-refractivity contribution in [2.45, 2.75) is 39.3 Å². The second-order valence-electron chi connectivity index (χ2n) is 5.01. The van der Waals surface area contributed by atoms with Crippen molar-refractivity contribution in [1.29, 1.82) is 0 Å². The Hall–Kier alpha value is -1.09. The van der Waals surface area contributed by atoms with Crippen molar-refractivity contribution in [3.63, 3.8) is 0 Å². The van der Waals surface area contributed by atoms with Crippen LogP contribution in [0.5, 0.6) is 5.75 Å². The van der Waals surface area contributed by atoms with Gasteiger partial charge in [0.2, 0.25) is 0 Å². The topological polar surface area (TPSA) is 21.3 Å². The van der Waals surface area contributed by atoms with Crippen molar-refractivity contribution in [2.75, 3.05) is 6.54 Å². The zero-order valence-electron chi connectivity index (χ0n) is 10.4. The molecule has 0 aromatic heterocycles. The highest BCUT2D eigenvalue weighted by Gasteiger charge is 2.11. The number of halogens is 1. The quantitative estimate of drug-likeness (QED) is 0.850. The largest absolute Gasteiger partial charge is 0.489 e. The molecule has 1 aromatic rings. The molecule has 0 bridgehead atoms. The summed E-state index contributed by atoms with van der Waals surface area (Å²) in [6.45, 7) is 9.08. The van der Waals surface area contributed by atoms with Gasteiger partial charge in [-0.3, -0.25) is 0 Å². The van der Waals surface area contributed by atoms with Gasteiger partial charge in [0, 0.05) is 12.1 Å². The van der Waals surface area contributed by atoms with E-state index in [2.05, 4.69) is 26.1 Å².